The van der Waals surface area contributed by atoms with Gasteiger partial charge in [-0.1, -0.05) is 10.2 Å². The van der Waals surface area contributed by atoms with E-state index in [0.717, 1.165) is 0 Å². The van der Waals surface area contributed by atoms with Crippen molar-refractivity contribution in [3.63, 3.8) is 0 Å². The molecule has 0 aromatic carbocycles. The molecule has 0 aliphatic carbocycles. The van der Waals surface area contributed by atoms with Crippen LogP contribution in [0.1, 0.15) is 6.92 Å². The van der Waals surface area contributed by atoms with Gasteiger partial charge in [-0.3, -0.25) is 0 Å². The van der Waals surface area contributed by atoms with Crippen LogP contribution in [-0.2, 0) is 18.9 Å². The molecule has 0 heterocycles. The third kappa shape index (κ3) is 12.9. The Morgan fingerprint density at radius 3 is 1.70 bits per heavy atom. The zero-order chi connectivity index (χ0) is 14.9. The largest absolute Gasteiger partial charge is 0.379 e. The number of nitrogens with zero attached hydrogens (tertiary/aromatic N) is 6. The average molecular weight is 288 g/mol. The van der Waals surface area contributed by atoms with Gasteiger partial charge in [-0.15, -0.1) is 0 Å². The van der Waals surface area contributed by atoms with Crippen molar-refractivity contribution in [2.24, 2.45) is 10.2 Å². The highest BCUT2D eigenvalue weighted by Gasteiger charge is 2.02. The third-order valence-electron chi connectivity index (χ3n) is 1.96. The summed E-state index contributed by atoms with van der Waals surface area (Å²) in [6, 6.07) is 0. The Hall–Kier alpha value is -1.54. The van der Waals surface area contributed by atoms with Gasteiger partial charge < -0.3 is 18.9 Å². The lowest BCUT2D eigenvalue weighted by Gasteiger charge is -2.08. The van der Waals surface area contributed by atoms with Crippen LogP contribution in [0.3, 0.4) is 0 Å². The van der Waals surface area contributed by atoms with Crippen molar-refractivity contribution in [3.8, 4) is 0 Å². The van der Waals surface area contributed by atoms with Crippen LogP contribution >= 0.6 is 0 Å². The van der Waals surface area contributed by atoms with Crippen molar-refractivity contribution in [2.45, 2.75) is 13.1 Å². The molecule has 0 bridgehead atoms. The van der Waals surface area contributed by atoms with Crippen molar-refractivity contribution in [1.82, 2.24) is 0 Å². The van der Waals surface area contributed by atoms with Gasteiger partial charge in [-0.2, -0.15) is 0 Å². The number of hydrogen-bond donors (Lipinski definition) is 0. The van der Waals surface area contributed by atoms with E-state index in [4.69, 9.17) is 30.0 Å². The SMILES string of the molecule is CCOCCOCCOCCOCC(N=[N+]=[N-])N=[N+]=[N-]. The van der Waals surface area contributed by atoms with Crippen LogP contribution in [-0.4, -0.2) is 59.0 Å². The van der Waals surface area contributed by atoms with Gasteiger partial charge in [-0.25, -0.2) is 0 Å². The topological polar surface area (TPSA) is 134 Å². The summed E-state index contributed by atoms with van der Waals surface area (Å²) in [5.41, 5.74) is 16.4. The van der Waals surface area contributed by atoms with Crippen molar-refractivity contribution < 1.29 is 18.9 Å². The van der Waals surface area contributed by atoms with Crippen LogP contribution in [0.5, 0.6) is 0 Å². The van der Waals surface area contributed by atoms with Gasteiger partial charge in [0.15, 0.2) is 0 Å². The zero-order valence-corrected chi connectivity index (χ0v) is 11.6. The second-order valence-electron chi connectivity index (χ2n) is 3.39. The van der Waals surface area contributed by atoms with E-state index in [1.54, 1.807) is 0 Å². The molecular formula is C10H20N6O4. The molecule has 0 aromatic rings. The summed E-state index contributed by atoms with van der Waals surface area (Å²) in [7, 11) is 0. The van der Waals surface area contributed by atoms with Gasteiger partial charge >= 0.3 is 0 Å². The minimum Gasteiger partial charge on any atom is -0.379 e. The molecule has 0 atom stereocenters. The van der Waals surface area contributed by atoms with E-state index in [1.165, 1.54) is 0 Å². The fraction of sp³-hybridized carbons (Fsp3) is 1.00. The van der Waals surface area contributed by atoms with Gasteiger partial charge in [0.05, 0.1) is 46.2 Å². The lowest BCUT2D eigenvalue weighted by atomic mass is 10.6. The van der Waals surface area contributed by atoms with E-state index in [1.807, 2.05) is 6.92 Å². The van der Waals surface area contributed by atoms with Crippen LogP contribution in [0, 0.1) is 0 Å². The minimum absolute atomic E-state index is 0.0301. The van der Waals surface area contributed by atoms with Crippen molar-refractivity contribution in [3.05, 3.63) is 20.9 Å². The highest BCUT2D eigenvalue weighted by atomic mass is 16.6. The summed E-state index contributed by atoms with van der Waals surface area (Å²) in [5, 5.41) is 6.52. The van der Waals surface area contributed by atoms with Crippen LogP contribution in [0.4, 0.5) is 0 Å². The Morgan fingerprint density at radius 2 is 1.25 bits per heavy atom. The van der Waals surface area contributed by atoms with E-state index in [0.29, 0.717) is 46.2 Å². The molecule has 20 heavy (non-hydrogen) atoms. The van der Waals surface area contributed by atoms with E-state index in [-0.39, 0.29) is 6.61 Å². The van der Waals surface area contributed by atoms with Gasteiger partial charge in [0.25, 0.3) is 0 Å². The Bertz CT molecular complexity index is 299. The summed E-state index contributed by atoms with van der Waals surface area (Å²) >= 11 is 0. The van der Waals surface area contributed by atoms with E-state index in [2.05, 4.69) is 20.1 Å². The summed E-state index contributed by atoms with van der Waals surface area (Å²) < 4.78 is 20.7. The summed E-state index contributed by atoms with van der Waals surface area (Å²) in [5.74, 6) is 0. The first-order valence-corrected chi connectivity index (χ1v) is 6.24. The van der Waals surface area contributed by atoms with Crippen LogP contribution < -0.4 is 0 Å². The van der Waals surface area contributed by atoms with Crippen LogP contribution in [0.2, 0.25) is 0 Å². The molecule has 0 aliphatic heterocycles. The molecule has 0 aliphatic rings. The molecule has 0 saturated carbocycles. The van der Waals surface area contributed by atoms with Crippen molar-refractivity contribution in [1.29, 1.82) is 0 Å². The fourth-order valence-corrected chi connectivity index (χ4v) is 1.10. The number of azide groups is 1. The third-order valence-corrected chi connectivity index (χ3v) is 1.96. The van der Waals surface area contributed by atoms with Crippen LogP contribution in [0.25, 0.3) is 20.9 Å². The molecule has 10 nitrogen and oxygen atoms in total. The quantitative estimate of drug-likeness (QED) is 0.209. The first-order valence-electron chi connectivity index (χ1n) is 6.24. The zero-order valence-electron chi connectivity index (χ0n) is 11.6. The van der Waals surface area contributed by atoms with Crippen molar-refractivity contribution in [2.75, 3.05) is 52.9 Å². The maximum atomic E-state index is 8.21. The number of rotatable bonds is 14. The highest BCUT2D eigenvalue weighted by Crippen LogP contribution is 1.96. The second-order valence-corrected chi connectivity index (χ2v) is 3.39. The van der Waals surface area contributed by atoms with Gasteiger partial charge in [-0.05, 0) is 18.0 Å². The molecule has 0 radical (unpaired) electrons. The smallest absolute Gasteiger partial charge is 0.139 e. The van der Waals surface area contributed by atoms with E-state index < -0.39 is 6.17 Å². The monoisotopic (exact) mass is 288 g/mol. The lowest BCUT2D eigenvalue weighted by Crippen LogP contribution is -2.15. The van der Waals surface area contributed by atoms with Crippen molar-refractivity contribution >= 4 is 0 Å². The highest BCUT2D eigenvalue weighted by molar-refractivity contribution is 4.63. The summed E-state index contributed by atoms with van der Waals surface area (Å²) in [6.07, 6.45) is -0.869. The standard InChI is InChI=1S/C10H20N6O4/c1-2-17-3-4-18-5-6-19-7-8-20-9-10(13-15-11)14-16-12/h10H,2-9H2,1H3. The Labute approximate surface area is 117 Å². The molecule has 0 saturated heterocycles. The molecule has 0 spiro atoms. The van der Waals surface area contributed by atoms with Gasteiger partial charge in [0, 0.05) is 16.4 Å². The van der Waals surface area contributed by atoms with E-state index >= 15 is 0 Å². The molecule has 0 rings (SSSR count). The molecule has 0 aromatic heterocycles. The maximum absolute atomic E-state index is 8.21. The van der Waals surface area contributed by atoms with Gasteiger partial charge in [0.1, 0.15) is 6.17 Å². The molecular weight excluding hydrogens is 268 g/mol. The van der Waals surface area contributed by atoms with Crippen LogP contribution in [0.15, 0.2) is 10.2 Å². The van der Waals surface area contributed by atoms with E-state index in [9.17, 15) is 0 Å². The number of hydrogen-bond acceptors (Lipinski definition) is 6. The molecule has 114 valence electrons. The molecule has 0 unspecified atom stereocenters. The predicted molar refractivity (Wildman–Crippen MR) is 71.0 cm³/mol. The Morgan fingerprint density at radius 1 is 0.800 bits per heavy atom. The molecule has 0 N–H and O–H groups in total. The van der Waals surface area contributed by atoms with Gasteiger partial charge in [0.2, 0.25) is 0 Å². The average Bonchev–Trinajstić information content (AvgIpc) is 2.45. The summed E-state index contributed by atoms with van der Waals surface area (Å²) in [4.78, 5) is 5.09. The molecule has 0 fully saturated rings. The summed E-state index contributed by atoms with van der Waals surface area (Å²) in [6.45, 7) is 5.43. The number of ether oxygens (including phenoxy) is 4. The maximum Gasteiger partial charge on any atom is 0.139 e. The first kappa shape index (κ1) is 18.5. The predicted octanol–water partition coefficient (Wildman–Crippen LogP) is 2.02. The fourth-order valence-electron chi connectivity index (χ4n) is 1.10. The molecule has 0 amide bonds. The minimum atomic E-state index is -0.869. The lowest BCUT2D eigenvalue weighted by molar-refractivity contribution is -0.00170. The normalized spacial score (nSPS) is 11.4. The second kappa shape index (κ2) is 15.5. The first-order chi connectivity index (χ1) is 9.85. The Kier molecular flexibility index (Phi) is 14.3. The molecule has 10 heteroatoms. The Balaban J connectivity index is 3.31.